The highest BCUT2D eigenvalue weighted by Crippen LogP contribution is 2.35. The highest BCUT2D eigenvalue weighted by atomic mass is 16.5. The third kappa shape index (κ3) is 9.69. The lowest BCUT2D eigenvalue weighted by Crippen LogP contribution is -2.38. The molecule has 12 nitrogen and oxygen atoms in total. The fraction of sp³-hybridized carbons (Fsp3) is 0.484. The Morgan fingerprint density at radius 1 is 0.930 bits per heavy atom. The summed E-state index contributed by atoms with van der Waals surface area (Å²) in [4.78, 5) is 35.2. The van der Waals surface area contributed by atoms with Gasteiger partial charge < -0.3 is 25.4 Å². The van der Waals surface area contributed by atoms with Crippen LogP contribution in [-0.2, 0) is 16.1 Å². The molecule has 5 N–H and O–H groups in total. The van der Waals surface area contributed by atoms with Crippen LogP contribution in [0.4, 0.5) is 11.8 Å². The number of nitrogens with zero attached hydrogens (tertiary/aromatic N) is 3. The fourth-order valence-corrected chi connectivity index (χ4v) is 5.18. The Labute approximate surface area is 252 Å². The topological polar surface area (TPSA) is 150 Å². The fourth-order valence-electron chi connectivity index (χ4n) is 5.18. The van der Waals surface area contributed by atoms with Crippen molar-refractivity contribution in [2.45, 2.75) is 57.5 Å². The van der Waals surface area contributed by atoms with Crippen LogP contribution in [-0.4, -0.2) is 78.3 Å². The van der Waals surface area contributed by atoms with Gasteiger partial charge in [-0.2, -0.15) is 4.98 Å². The largest absolute Gasteiger partial charge is 0.493 e. The van der Waals surface area contributed by atoms with Gasteiger partial charge in [-0.05, 0) is 37.3 Å². The maximum absolute atomic E-state index is 12.2. The number of ether oxygens (including phenoxy) is 2. The maximum Gasteiger partial charge on any atom is 0.243 e. The Hall–Kier alpha value is -4.16. The van der Waals surface area contributed by atoms with Crippen molar-refractivity contribution in [2.75, 3.05) is 51.0 Å². The molecule has 4 rings (SSSR count). The molecule has 0 aliphatic carbocycles. The molecule has 3 aromatic rings. The number of piperidine rings is 1. The summed E-state index contributed by atoms with van der Waals surface area (Å²) in [5, 5.41) is 19.2. The van der Waals surface area contributed by atoms with E-state index in [1.165, 1.54) is 5.56 Å². The molecular formula is C31H43N7O5. The number of nitrogens with one attached hydrogen (secondary N) is 4. The molecule has 0 radical (unpaired) electrons. The SMILES string of the molecule is COc1cc2nc(NCCNC(=O)CCCCCC(=O)NO)nc(NC3CCN(Cc4ccccc4)CC3)c2cc1OC. The summed E-state index contributed by atoms with van der Waals surface area (Å²) >= 11 is 0. The van der Waals surface area contributed by atoms with Gasteiger partial charge in [0.05, 0.1) is 19.7 Å². The second kappa shape index (κ2) is 16.5. The van der Waals surface area contributed by atoms with Crippen molar-refractivity contribution in [3.05, 3.63) is 48.0 Å². The quantitative estimate of drug-likeness (QED) is 0.0945. The monoisotopic (exact) mass is 593 g/mol. The number of carbonyl (C=O) groups is 2. The van der Waals surface area contributed by atoms with Crippen LogP contribution >= 0.6 is 0 Å². The number of carbonyl (C=O) groups excluding carboxylic acids is 2. The first-order chi connectivity index (χ1) is 21.0. The van der Waals surface area contributed by atoms with Gasteiger partial charge in [0, 0.05) is 63.1 Å². The number of amides is 2. The molecule has 0 spiro atoms. The number of anilines is 2. The van der Waals surface area contributed by atoms with Crippen molar-refractivity contribution in [1.82, 2.24) is 25.7 Å². The first-order valence-corrected chi connectivity index (χ1v) is 14.9. The van der Waals surface area contributed by atoms with E-state index in [0.717, 1.165) is 55.6 Å². The number of hydroxylamine groups is 1. The predicted molar refractivity (Wildman–Crippen MR) is 166 cm³/mol. The Morgan fingerprint density at radius 2 is 1.63 bits per heavy atom. The molecule has 43 heavy (non-hydrogen) atoms. The van der Waals surface area contributed by atoms with Crippen LogP contribution in [0.2, 0.25) is 0 Å². The van der Waals surface area contributed by atoms with Gasteiger partial charge in [0.25, 0.3) is 0 Å². The number of aromatic nitrogens is 2. The number of fused-ring (bicyclic) bond motifs is 1. The lowest BCUT2D eigenvalue weighted by molar-refractivity contribution is -0.129. The second-order valence-corrected chi connectivity index (χ2v) is 10.7. The van der Waals surface area contributed by atoms with E-state index >= 15 is 0 Å². The number of unbranched alkanes of at least 4 members (excludes halogenated alkanes) is 2. The van der Waals surface area contributed by atoms with Crippen molar-refractivity contribution in [2.24, 2.45) is 0 Å². The van der Waals surface area contributed by atoms with Crippen molar-refractivity contribution in [3.8, 4) is 11.5 Å². The first-order valence-electron chi connectivity index (χ1n) is 14.9. The summed E-state index contributed by atoms with van der Waals surface area (Å²) in [5.74, 6) is 1.93. The maximum atomic E-state index is 12.2. The molecule has 1 aromatic heterocycles. The van der Waals surface area contributed by atoms with Crippen molar-refractivity contribution in [1.29, 1.82) is 0 Å². The average molecular weight is 594 g/mol. The molecule has 2 amide bonds. The highest BCUT2D eigenvalue weighted by molar-refractivity contribution is 5.92. The number of benzene rings is 2. The molecule has 2 aromatic carbocycles. The van der Waals surface area contributed by atoms with Gasteiger partial charge in [0.2, 0.25) is 17.8 Å². The van der Waals surface area contributed by atoms with E-state index in [4.69, 9.17) is 24.6 Å². The lowest BCUT2D eigenvalue weighted by atomic mass is 10.0. The minimum Gasteiger partial charge on any atom is -0.493 e. The number of rotatable bonds is 16. The summed E-state index contributed by atoms with van der Waals surface area (Å²) in [5.41, 5.74) is 3.66. The molecule has 0 bridgehead atoms. The van der Waals surface area contributed by atoms with Gasteiger partial charge in [0.1, 0.15) is 5.82 Å². The van der Waals surface area contributed by atoms with E-state index in [-0.39, 0.29) is 18.4 Å². The Balaban J connectivity index is 1.34. The molecular weight excluding hydrogens is 550 g/mol. The lowest BCUT2D eigenvalue weighted by Gasteiger charge is -2.33. The van der Waals surface area contributed by atoms with Gasteiger partial charge in [-0.1, -0.05) is 36.8 Å². The van der Waals surface area contributed by atoms with Gasteiger partial charge in [0.15, 0.2) is 11.5 Å². The molecule has 1 aliphatic heterocycles. The zero-order valence-corrected chi connectivity index (χ0v) is 25.0. The van der Waals surface area contributed by atoms with E-state index in [9.17, 15) is 9.59 Å². The summed E-state index contributed by atoms with van der Waals surface area (Å²) < 4.78 is 11.1. The number of hydrogen-bond donors (Lipinski definition) is 5. The van der Waals surface area contributed by atoms with Crippen LogP contribution in [0.3, 0.4) is 0 Å². The van der Waals surface area contributed by atoms with E-state index in [1.54, 1.807) is 19.7 Å². The molecule has 1 aliphatic rings. The average Bonchev–Trinajstić information content (AvgIpc) is 3.03. The normalized spacial score (nSPS) is 13.8. The van der Waals surface area contributed by atoms with Crippen molar-refractivity contribution < 1.29 is 24.3 Å². The Kier molecular flexibility index (Phi) is 12.2. The van der Waals surface area contributed by atoms with Crippen LogP contribution in [0, 0.1) is 0 Å². The molecule has 12 heteroatoms. The second-order valence-electron chi connectivity index (χ2n) is 10.7. The molecule has 0 atom stereocenters. The minimum absolute atomic E-state index is 0.0503. The third-order valence-electron chi connectivity index (χ3n) is 7.54. The van der Waals surface area contributed by atoms with Gasteiger partial charge >= 0.3 is 0 Å². The molecule has 1 fully saturated rings. The molecule has 0 unspecified atom stereocenters. The van der Waals surface area contributed by atoms with Crippen LogP contribution in [0.15, 0.2) is 42.5 Å². The Morgan fingerprint density at radius 3 is 2.33 bits per heavy atom. The van der Waals surface area contributed by atoms with Gasteiger partial charge in [-0.15, -0.1) is 0 Å². The molecule has 1 saturated heterocycles. The van der Waals surface area contributed by atoms with Crippen molar-refractivity contribution in [3.63, 3.8) is 0 Å². The number of hydrogen-bond acceptors (Lipinski definition) is 10. The Bertz CT molecular complexity index is 1330. The smallest absolute Gasteiger partial charge is 0.243 e. The molecule has 2 heterocycles. The number of methoxy groups -OCH3 is 2. The van der Waals surface area contributed by atoms with E-state index in [2.05, 4.69) is 45.1 Å². The highest BCUT2D eigenvalue weighted by Gasteiger charge is 2.21. The molecule has 232 valence electrons. The predicted octanol–water partition coefficient (Wildman–Crippen LogP) is 3.71. The van der Waals surface area contributed by atoms with Crippen LogP contribution < -0.4 is 30.9 Å². The van der Waals surface area contributed by atoms with Crippen LogP contribution in [0.5, 0.6) is 11.5 Å². The van der Waals surface area contributed by atoms with E-state index in [0.29, 0.717) is 49.8 Å². The van der Waals surface area contributed by atoms with Crippen LogP contribution in [0.25, 0.3) is 10.9 Å². The van der Waals surface area contributed by atoms with Gasteiger partial charge in [-0.25, -0.2) is 10.5 Å². The summed E-state index contributed by atoms with van der Waals surface area (Å²) in [6.07, 6.45) is 4.66. The summed E-state index contributed by atoms with van der Waals surface area (Å²) in [6.45, 7) is 3.82. The zero-order chi connectivity index (χ0) is 30.4. The van der Waals surface area contributed by atoms with Crippen molar-refractivity contribution >= 4 is 34.5 Å². The standard InChI is InChI=1S/C31H43N7O5/c1-42-26-19-24-25(20-27(26)43-2)35-31(33-16-15-32-28(39)11-7-4-8-12-29(40)37-41)36-30(24)34-23-13-17-38(18-14-23)21-22-9-5-3-6-10-22/h3,5-6,9-10,19-20,23,41H,4,7-8,11-18,21H2,1-2H3,(H,32,39)(H,37,40)(H2,33,34,35,36). The van der Waals surface area contributed by atoms with E-state index in [1.807, 2.05) is 18.2 Å². The third-order valence-corrected chi connectivity index (χ3v) is 7.54. The molecule has 0 saturated carbocycles. The zero-order valence-electron chi connectivity index (χ0n) is 25.0. The minimum atomic E-state index is -0.411. The number of likely N-dealkylation sites (tertiary alicyclic amines) is 1. The summed E-state index contributed by atoms with van der Waals surface area (Å²) in [6, 6.07) is 14.6. The summed E-state index contributed by atoms with van der Waals surface area (Å²) in [7, 11) is 3.21. The first kappa shape index (κ1) is 31.8. The van der Waals surface area contributed by atoms with Crippen LogP contribution in [0.1, 0.15) is 50.5 Å². The van der Waals surface area contributed by atoms with Gasteiger partial charge in [-0.3, -0.25) is 19.7 Å². The van der Waals surface area contributed by atoms with E-state index < -0.39 is 5.91 Å².